The van der Waals surface area contributed by atoms with Gasteiger partial charge in [-0.25, -0.2) is 4.98 Å². The first-order valence-corrected chi connectivity index (χ1v) is 18.5. The third kappa shape index (κ3) is 9.45. The van der Waals surface area contributed by atoms with Crippen LogP contribution in [0.3, 0.4) is 0 Å². The van der Waals surface area contributed by atoms with Crippen molar-refractivity contribution in [3.05, 3.63) is 96.1 Å². The van der Waals surface area contributed by atoms with Crippen LogP contribution in [-0.4, -0.2) is 52.6 Å². The summed E-state index contributed by atoms with van der Waals surface area (Å²) < 4.78 is 26.5. The van der Waals surface area contributed by atoms with Gasteiger partial charge in [-0.2, -0.15) is 0 Å². The molecule has 0 saturated heterocycles. The molecule has 1 N–H and O–H groups in total. The number of ether oxygens (including phenoxy) is 2. The highest BCUT2D eigenvalue weighted by molar-refractivity contribution is 7.84. The third-order valence-electron chi connectivity index (χ3n) is 8.31. The summed E-state index contributed by atoms with van der Waals surface area (Å²) in [5.74, 6) is 1.11. The number of hydrogen-bond acceptors (Lipinski definition) is 6. The number of carbonyl (C=O) groups excluding carboxylic acids is 1. The number of aromatic nitrogens is 2. The van der Waals surface area contributed by atoms with Gasteiger partial charge in [-0.05, 0) is 103 Å². The molecule has 0 saturated carbocycles. The molecule has 1 unspecified atom stereocenters. The molecule has 9 heteroatoms. The molecule has 4 aromatic rings. The second kappa shape index (κ2) is 17.8. The van der Waals surface area contributed by atoms with Crippen molar-refractivity contribution in [2.45, 2.75) is 70.1 Å². The number of nitrogens with one attached hydrogen (secondary N) is 1. The molecule has 1 atom stereocenters. The van der Waals surface area contributed by atoms with Gasteiger partial charge < -0.3 is 24.3 Å². The number of benzene rings is 3. The Morgan fingerprint density at radius 3 is 2.42 bits per heavy atom. The van der Waals surface area contributed by atoms with E-state index in [-0.39, 0.29) is 5.91 Å². The van der Waals surface area contributed by atoms with Crippen LogP contribution in [0.15, 0.2) is 89.7 Å². The Kier molecular flexibility index (Phi) is 13.0. The standard InChI is InChI=1S/C39H48N4O4S/c1-4-19-42-21-7-8-32(39(44)41-34-12-16-37(17-13-34)48(45)28-35-27-40-29-43(35)20-5-2)26-33-25-31(11-18-38(33)42)30-9-14-36(15-10-30)47-24-23-46-22-6-3/h9-18,25-27,29H,4-8,19-24,28H2,1-3H3,(H,41,44)/b32-26+. The molecule has 5 rings (SSSR count). The molecular weight excluding hydrogens is 621 g/mol. The topological polar surface area (TPSA) is 85.7 Å². The van der Waals surface area contributed by atoms with Crippen molar-refractivity contribution in [3.8, 4) is 16.9 Å². The number of fused-ring (bicyclic) bond motifs is 1. The SMILES string of the molecule is CCCOCCOc1ccc(-c2ccc3c(c2)/C=C(/C(=O)Nc2ccc(S(=O)Cc4cncn4CCC)cc2)CCCN3CCC)cc1. The zero-order valence-corrected chi connectivity index (χ0v) is 29.3. The van der Waals surface area contributed by atoms with Crippen LogP contribution in [0.25, 0.3) is 17.2 Å². The van der Waals surface area contributed by atoms with E-state index in [1.165, 1.54) is 0 Å². The highest BCUT2D eigenvalue weighted by Gasteiger charge is 2.19. The van der Waals surface area contributed by atoms with E-state index in [0.717, 1.165) is 96.2 Å². The van der Waals surface area contributed by atoms with Crippen molar-refractivity contribution in [2.24, 2.45) is 0 Å². The molecule has 0 spiro atoms. The fraction of sp³-hybridized carbons (Fsp3) is 0.385. The number of carbonyl (C=O) groups is 1. The van der Waals surface area contributed by atoms with E-state index < -0.39 is 10.8 Å². The highest BCUT2D eigenvalue weighted by Crippen LogP contribution is 2.33. The number of aryl methyl sites for hydroxylation is 1. The van der Waals surface area contributed by atoms with Crippen LogP contribution in [0.2, 0.25) is 0 Å². The van der Waals surface area contributed by atoms with Crippen LogP contribution in [0.1, 0.15) is 64.1 Å². The quantitative estimate of drug-likeness (QED) is 0.122. The Morgan fingerprint density at radius 2 is 1.67 bits per heavy atom. The molecule has 2 heterocycles. The monoisotopic (exact) mass is 668 g/mol. The lowest BCUT2D eigenvalue weighted by atomic mass is 9.96. The second-order valence-electron chi connectivity index (χ2n) is 12.1. The predicted molar refractivity (Wildman–Crippen MR) is 196 cm³/mol. The lowest BCUT2D eigenvalue weighted by Gasteiger charge is -2.29. The van der Waals surface area contributed by atoms with Gasteiger partial charge in [0.2, 0.25) is 0 Å². The van der Waals surface area contributed by atoms with E-state index in [9.17, 15) is 9.00 Å². The minimum absolute atomic E-state index is 0.114. The van der Waals surface area contributed by atoms with Crippen molar-refractivity contribution >= 4 is 34.2 Å². The molecule has 0 bridgehead atoms. The third-order valence-corrected chi connectivity index (χ3v) is 9.66. The van der Waals surface area contributed by atoms with Crippen LogP contribution < -0.4 is 15.0 Å². The van der Waals surface area contributed by atoms with E-state index >= 15 is 0 Å². The molecule has 8 nitrogen and oxygen atoms in total. The van der Waals surface area contributed by atoms with E-state index in [2.05, 4.69) is 70.9 Å². The first kappa shape index (κ1) is 35.1. The van der Waals surface area contributed by atoms with Crippen molar-refractivity contribution < 1.29 is 18.5 Å². The molecule has 0 fully saturated rings. The molecule has 1 amide bonds. The van der Waals surface area contributed by atoms with Crippen molar-refractivity contribution in [1.82, 2.24) is 9.55 Å². The molecular formula is C39H48N4O4S. The van der Waals surface area contributed by atoms with Crippen LogP contribution in [-0.2, 0) is 32.6 Å². The molecule has 48 heavy (non-hydrogen) atoms. The smallest absolute Gasteiger partial charge is 0.251 e. The summed E-state index contributed by atoms with van der Waals surface area (Å²) in [6.07, 6.45) is 10.2. The molecule has 0 aliphatic carbocycles. The molecule has 1 aliphatic heterocycles. The van der Waals surface area contributed by atoms with Gasteiger partial charge in [-0.15, -0.1) is 0 Å². The van der Waals surface area contributed by atoms with E-state index in [1.807, 2.05) is 42.5 Å². The number of anilines is 2. The van der Waals surface area contributed by atoms with Gasteiger partial charge in [0, 0.05) is 54.3 Å². The average molecular weight is 669 g/mol. The van der Waals surface area contributed by atoms with Gasteiger partial charge in [0.15, 0.2) is 0 Å². The summed E-state index contributed by atoms with van der Waals surface area (Å²) in [7, 11) is -1.21. The maximum absolute atomic E-state index is 13.6. The normalized spacial score (nSPS) is 14.7. The Morgan fingerprint density at radius 1 is 0.896 bits per heavy atom. The largest absolute Gasteiger partial charge is 0.491 e. The predicted octanol–water partition coefficient (Wildman–Crippen LogP) is 8.11. The zero-order chi connectivity index (χ0) is 33.7. The minimum atomic E-state index is -1.21. The number of hydrogen-bond donors (Lipinski definition) is 1. The van der Waals surface area contributed by atoms with Gasteiger partial charge in [-0.3, -0.25) is 9.00 Å². The van der Waals surface area contributed by atoms with Gasteiger partial charge in [0.05, 0.1) is 35.2 Å². The van der Waals surface area contributed by atoms with Crippen LogP contribution in [0.4, 0.5) is 11.4 Å². The number of amides is 1. The van der Waals surface area contributed by atoms with Gasteiger partial charge in [0.1, 0.15) is 12.4 Å². The molecule has 1 aromatic heterocycles. The first-order chi connectivity index (χ1) is 23.5. The summed E-state index contributed by atoms with van der Waals surface area (Å²) in [5.41, 5.74) is 6.73. The average Bonchev–Trinajstić information content (AvgIpc) is 3.53. The van der Waals surface area contributed by atoms with Gasteiger partial charge in [-0.1, -0.05) is 39.0 Å². The maximum atomic E-state index is 13.6. The maximum Gasteiger partial charge on any atom is 0.251 e. The summed E-state index contributed by atoms with van der Waals surface area (Å²) >= 11 is 0. The fourth-order valence-corrected chi connectivity index (χ4v) is 7.01. The van der Waals surface area contributed by atoms with Crippen molar-refractivity contribution in [3.63, 3.8) is 0 Å². The van der Waals surface area contributed by atoms with Gasteiger partial charge >= 0.3 is 0 Å². The lowest BCUT2D eigenvalue weighted by Crippen LogP contribution is -2.28. The molecule has 1 aliphatic rings. The number of imidazole rings is 1. The Bertz CT molecular complexity index is 1680. The first-order valence-electron chi connectivity index (χ1n) is 17.2. The summed E-state index contributed by atoms with van der Waals surface area (Å²) in [6, 6.07) is 22.0. The summed E-state index contributed by atoms with van der Waals surface area (Å²) in [4.78, 5) is 21.0. The highest BCUT2D eigenvalue weighted by atomic mass is 32.2. The fourth-order valence-electron chi connectivity index (χ4n) is 5.90. The Balaban J connectivity index is 1.30. The molecule has 3 aromatic carbocycles. The molecule has 0 radical (unpaired) electrons. The van der Waals surface area contributed by atoms with Crippen molar-refractivity contribution in [2.75, 3.05) is 43.1 Å². The zero-order valence-electron chi connectivity index (χ0n) is 28.5. The van der Waals surface area contributed by atoms with Gasteiger partial charge in [0.25, 0.3) is 5.91 Å². The Hall–Kier alpha value is -4.21. The molecule has 254 valence electrons. The second-order valence-corrected chi connectivity index (χ2v) is 13.5. The van der Waals surface area contributed by atoms with Crippen molar-refractivity contribution in [1.29, 1.82) is 0 Å². The number of nitrogens with zero attached hydrogens (tertiary/aromatic N) is 3. The summed E-state index contributed by atoms with van der Waals surface area (Å²) in [6.45, 7) is 11.0. The van der Waals surface area contributed by atoms with Crippen LogP contribution in [0, 0.1) is 0 Å². The lowest BCUT2D eigenvalue weighted by molar-refractivity contribution is -0.112. The van der Waals surface area contributed by atoms with Crippen LogP contribution in [0.5, 0.6) is 5.75 Å². The minimum Gasteiger partial charge on any atom is -0.491 e. The van der Waals surface area contributed by atoms with Crippen LogP contribution >= 0.6 is 0 Å². The number of rotatable bonds is 16. The summed E-state index contributed by atoms with van der Waals surface area (Å²) in [5, 5.41) is 3.09. The van der Waals surface area contributed by atoms with E-state index in [1.54, 1.807) is 12.5 Å². The van der Waals surface area contributed by atoms with E-state index in [4.69, 9.17) is 9.47 Å². The van der Waals surface area contributed by atoms with E-state index in [0.29, 0.717) is 31.1 Å². The Labute approximate surface area is 287 Å².